The summed E-state index contributed by atoms with van der Waals surface area (Å²) in [5.41, 5.74) is 5.13. The molecule has 134 valence electrons. The third-order valence-corrected chi connectivity index (χ3v) is 3.98. The van der Waals surface area contributed by atoms with Crippen LogP contribution < -0.4 is 10.6 Å². The summed E-state index contributed by atoms with van der Waals surface area (Å²) in [6, 6.07) is 12.0. The molecule has 0 atom stereocenters. The Morgan fingerprint density at radius 2 is 1.81 bits per heavy atom. The van der Waals surface area contributed by atoms with Gasteiger partial charge in [0.2, 0.25) is 5.95 Å². The van der Waals surface area contributed by atoms with Crippen molar-refractivity contribution in [2.45, 2.75) is 20.3 Å². The zero-order valence-electron chi connectivity index (χ0n) is 15.0. The van der Waals surface area contributed by atoms with Crippen LogP contribution in [0.1, 0.15) is 17.5 Å². The number of aliphatic hydroxyl groups excluding tert-OH is 1. The van der Waals surface area contributed by atoms with Crippen molar-refractivity contribution in [1.29, 1.82) is 0 Å². The van der Waals surface area contributed by atoms with E-state index in [0.29, 0.717) is 24.7 Å². The van der Waals surface area contributed by atoms with Crippen LogP contribution in [0.15, 0.2) is 48.8 Å². The number of pyridine rings is 1. The van der Waals surface area contributed by atoms with Gasteiger partial charge in [-0.25, -0.2) is 4.98 Å². The molecular formula is C20H23N5O. The first-order chi connectivity index (χ1) is 12.7. The molecule has 26 heavy (non-hydrogen) atoms. The monoisotopic (exact) mass is 349 g/mol. The van der Waals surface area contributed by atoms with Crippen molar-refractivity contribution in [2.24, 2.45) is 0 Å². The molecule has 1 aromatic carbocycles. The second kappa shape index (κ2) is 8.40. The Morgan fingerprint density at radius 1 is 1.00 bits per heavy atom. The van der Waals surface area contributed by atoms with Crippen LogP contribution in [0.3, 0.4) is 0 Å². The third kappa shape index (κ3) is 4.55. The summed E-state index contributed by atoms with van der Waals surface area (Å²) in [7, 11) is 0. The summed E-state index contributed by atoms with van der Waals surface area (Å²) in [5.74, 6) is 1.24. The van der Waals surface area contributed by atoms with Gasteiger partial charge in [0.25, 0.3) is 0 Å². The molecule has 0 saturated heterocycles. The van der Waals surface area contributed by atoms with Crippen molar-refractivity contribution in [1.82, 2.24) is 15.0 Å². The normalized spacial score (nSPS) is 10.6. The molecule has 0 aliphatic heterocycles. The van der Waals surface area contributed by atoms with Gasteiger partial charge in [-0.15, -0.1) is 0 Å². The molecule has 3 rings (SSSR count). The fraction of sp³-hybridized carbons (Fsp3) is 0.250. The van der Waals surface area contributed by atoms with Gasteiger partial charge in [0.05, 0.1) is 5.69 Å². The Morgan fingerprint density at radius 3 is 2.58 bits per heavy atom. The summed E-state index contributed by atoms with van der Waals surface area (Å²) < 4.78 is 0. The minimum atomic E-state index is 0.130. The van der Waals surface area contributed by atoms with Crippen LogP contribution in [0.5, 0.6) is 0 Å². The fourth-order valence-corrected chi connectivity index (χ4v) is 2.55. The highest BCUT2D eigenvalue weighted by Crippen LogP contribution is 2.25. The molecule has 6 heteroatoms. The lowest BCUT2D eigenvalue weighted by molar-refractivity contribution is 0.292. The van der Waals surface area contributed by atoms with Crippen LogP contribution in [0.25, 0.3) is 11.3 Å². The van der Waals surface area contributed by atoms with E-state index in [4.69, 9.17) is 5.11 Å². The van der Waals surface area contributed by atoms with E-state index in [1.165, 1.54) is 5.56 Å². The molecule has 0 amide bonds. The van der Waals surface area contributed by atoms with Crippen LogP contribution in [0.4, 0.5) is 17.5 Å². The Kier molecular flexibility index (Phi) is 5.76. The van der Waals surface area contributed by atoms with Crippen molar-refractivity contribution in [3.63, 3.8) is 0 Å². The molecule has 0 aliphatic carbocycles. The fourth-order valence-electron chi connectivity index (χ4n) is 2.55. The second-order valence-corrected chi connectivity index (χ2v) is 6.15. The van der Waals surface area contributed by atoms with Crippen molar-refractivity contribution in [2.75, 3.05) is 23.8 Å². The van der Waals surface area contributed by atoms with Crippen molar-refractivity contribution in [3.05, 3.63) is 59.9 Å². The van der Waals surface area contributed by atoms with E-state index in [0.717, 1.165) is 22.5 Å². The smallest absolute Gasteiger partial charge is 0.225 e. The lowest BCUT2D eigenvalue weighted by Crippen LogP contribution is -2.09. The van der Waals surface area contributed by atoms with Gasteiger partial charge in [-0.05, 0) is 49.6 Å². The molecule has 3 aromatic rings. The average Bonchev–Trinajstić information content (AvgIpc) is 2.65. The third-order valence-electron chi connectivity index (χ3n) is 3.98. The zero-order chi connectivity index (χ0) is 18.4. The molecule has 2 aromatic heterocycles. The zero-order valence-corrected chi connectivity index (χ0v) is 15.0. The second-order valence-electron chi connectivity index (χ2n) is 6.15. The lowest BCUT2D eigenvalue weighted by Gasteiger charge is -2.13. The van der Waals surface area contributed by atoms with Crippen LogP contribution in [0.2, 0.25) is 0 Å². The van der Waals surface area contributed by atoms with Crippen LogP contribution in [-0.4, -0.2) is 33.2 Å². The molecule has 0 bridgehead atoms. The first kappa shape index (κ1) is 17.8. The number of rotatable bonds is 7. The predicted molar refractivity (Wildman–Crippen MR) is 105 cm³/mol. The average molecular weight is 349 g/mol. The van der Waals surface area contributed by atoms with E-state index in [1.807, 2.05) is 18.2 Å². The molecule has 6 nitrogen and oxygen atoms in total. The first-order valence-electron chi connectivity index (χ1n) is 8.64. The molecule has 0 radical (unpaired) electrons. The number of benzene rings is 1. The van der Waals surface area contributed by atoms with Crippen LogP contribution >= 0.6 is 0 Å². The maximum atomic E-state index is 8.98. The Balaban J connectivity index is 1.95. The quantitative estimate of drug-likeness (QED) is 0.564. The number of aromatic nitrogens is 3. The Bertz CT molecular complexity index is 867. The van der Waals surface area contributed by atoms with Crippen LogP contribution in [0, 0.1) is 13.8 Å². The highest BCUT2D eigenvalue weighted by molar-refractivity contribution is 5.68. The molecule has 0 fully saturated rings. The maximum Gasteiger partial charge on any atom is 0.225 e. The summed E-state index contributed by atoms with van der Waals surface area (Å²) >= 11 is 0. The molecule has 0 unspecified atom stereocenters. The molecule has 0 spiro atoms. The van der Waals surface area contributed by atoms with Crippen molar-refractivity contribution in [3.8, 4) is 11.3 Å². The SMILES string of the molecule is Cc1ccc(C)c(Nc2cc(-c3ccncc3)nc(NCCCO)n2)c1. The number of hydrogen-bond acceptors (Lipinski definition) is 6. The van der Waals surface area contributed by atoms with Gasteiger partial charge in [0, 0.05) is 42.9 Å². The van der Waals surface area contributed by atoms with E-state index in [9.17, 15) is 0 Å². The highest BCUT2D eigenvalue weighted by Gasteiger charge is 2.08. The van der Waals surface area contributed by atoms with Gasteiger partial charge in [0.1, 0.15) is 5.82 Å². The van der Waals surface area contributed by atoms with Gasteiger partial charge >= 0.3 is 0 Å². The number of hydrogen-bond donors (Lipinski definition) is 3. The van der Waals surface area contributed by atoms with Gasteiger partial charge in [0.15, 0.2) is 0 Å². The minimum Gasteiger partial charge on any atom is -0.396 e. The molecule has 3 N–H and O–H groups in total. The number of aliphatic hydroxyl groups is 1. The van der Waals surface area contributed by atoms with E-state index in [2.05, 4.69) is 57.6 Å². The number of anilines is 3. The summed E-state index contributed by atoms with van der Waals surface area (Å²) in [6.07, 6.45) is 4.13. The first-order valence-corrected chi connectivity index (χ1v) is 8.64. The minimum absolute atomic E-state index is 0.130. The summed E-state index contributed by atoms with van der Waals surface area (Å²) in [6.45, 7) is 4.87. The Labute approximate surface area is 153 Å². The topological polar surface area (TPSA) is 83.0 Å². The lowest BCUT2D eigenvalue weighted by atomic mass is 10.1. The van der Waals surface area contributed by atoms with Gasteiger partial charge in [-0.2, -0.15) is 4.98 Å². The molecular weight excluding hydrogens is 326 g/mol. The highest BCUT2D eigenvalue weighted by atomic mass is 16.3. The van der Waals surface area contributed by atoms with Gasteiger partial charge < -0.3 is 15.7 Å². The number of nitrogens with one attached hydrogen (secondary N) is 2. The van der Waals surface area contributed by atoms with E-state index in [-0.39, 0.29) is 6.61 Å². The van der Waals surface area contributed by atoms with Crippen LogP contribution in [-0.2, 0) is 0 Å². The molecule has 2 heterocycles. The molecule has 0 saturated carbocycles. The summed E-state index contributed by atoms with van der Waals surface area (Å²) in [4.78, 5) is 13.2. The maximum absolute atomic E-state index is 8.98. The predicted octanol–water partition coefficient (Wildman–Crippen LogP) is 3.69. The number of aryl methyl sites for hydroxylation is 2. The van der Waals surface area contributed by atoms with Crippen molar-refractivity contribution < 1.29 is 5.11 Å². The standard InChI is InChI=1S/C20H23N5O/c1-14-4-5-15(2)17(12-14)23-19-13-18(16-6-9-21-10-7-16)24-20(25-19)22-8-3-11-26/h4-7,9-10,12-13,26H,3,8,11H2,1-2H3,(H2,22,23,24,25). The Hall–Kier alpha value is -2.99. The van der Waals surface area contributed by atoms with Crippen molar-refractivity contribution >= 4 is 17.5 Å². The van der Waals surface area contributed by atoms with E-state index < -0.39 is 0 Å². The molecule has 0 aliphatic rings. The van der Waals surface area contributed by atoms with Gasteiger partial charge in [-0.1, -0.05) is 12.1 Å². The van der Waals surface area contributed by atoms with E-state index >= 15 is 0 Å². The van der Waals surface area contributed by atoms with Gasteiger partial charge in [-0.3, -0.25) is 4.98 Å². The van der Waals surface area contributed by atoms with E-state index in [1.54, 1.807) is 12.4 Å². The number of nitrogens with zero attached hydrogens (tertiary/aromatic N) is 3. The summed E-state index contributed by atoms with van der Waals surface area (Å²) in [5, 5.41) is 15.6. The largest absolute Gasteiger partial charge is 0.396 e.